The molecule has 0 saturated heterocycles. The Morgan fingerprint density at radius 3 is 2.46 bits per heavy atom. The number of hydrogen-bond acceptors (Lipinski definition) is 4. The molecule has 28 heavy (non-hydrogen) atoms. The smallest absolute Gasteiger partial charge is 0.243 e. The highest BCUT2D eigenvalue weighted by molar-refractivity contribution is 7.89. The van der Waals surface area contributed by atoms with Crippen molar-refractivity contribution >= 4 is 27.0 Å². The SMILES string of the molecule is CCCn1c(CCC(=O)NC(C)C)nc2cc(S(=O)(=O)N(CC)CC)ccc21. The zero-order chi connectivity index (χ0) is 20.9. The van der Waals surface area contributed by atoms with Gasteiger partial charge in [-0.3, -0.25) is 4.79 Å². The van der Waals surface area contributed by atoms with Gasteiger partial charge in [0.2, 0.25) is 15.9 Å². The van der Waals surface area contributed by atoms with Crippen LogP contribution in [0.1, 0.15) is 53.3 Å². The summed E-state index contributed by atoms with van der Waals surface area (Å²) >= 11 is 0. The predicted octanol–water partition coefficient (Wildman–Crippen LogP) is 2.93. The van der Waals surface area contributed by atoms with E-state index in [1.165, 1.54) is 4.31 Å². The number of nitrogens with zero attached hydrogens (tertiary/aromatic N) is 3. The third-order valence-electron chi connectivity index (χ3n) is 4.61. The summed E-state index contributed by atoms with van der Waals surface area (Å²) in [7, 11) is -3.53. The summed E-state index contributed by atoms with van der Waals surface area (Å²) in [5.74, 6) is 0.808. The number of fused-ring (bicyclic) bond motifs is 1. The second-order valence-corrected chi connectivity index (χ2v) is 9.08. The highest BCUT2D eigenvalue weighted by Crippen LogP contribution is 2.24. The average Bonchev–Trinajstić information content (AvgIpc) is 2.97. The van der Waals surface area contributed by atoms with E-state index in [9.17, 15) is 13.2 Å². The Morgan fingerprint density at radius 2 is 1.89 bits per heavy atom. The molecule has 8 heteroatoms. The van der Waals surface area contributed by atoms with E-state index in [1.807, 2.05) is 33.8 Å². The fourth-order valence-electron chi connectivity index (χ4n) is 3.32. The first-order valence-electron chi connectivity index (χ1n) is 10.0. The second-order valence-electron chi connectivity index (χ2n) is 7.14. The normalized spacial score (nSPS) is 12.2. The number of carbonyl (C=O) groups excluding carboxylic acids is 1. The van der Waals surface area contributed by atoms with Crippen molar-refractivity contribution in [3.8, 4) is 0 Å². The highest BCUT2D eigenvalue weighted by Gasteiger charge is 2.23. The van der Waals surface area contributed by atoms with Crippen molar-refractivity contribution in [2.75, 3.05) is 13.1 Å². The minimum atomic E-state index is -3.53. The molecule has 1 aromatic carbocycles. The van der Waals surface area contributed by atoms with Gasteiger partial charge < -0.3 is 9.88 Å². The average molecular weight is 409 g/mol. The summed E-state index contributed by atoms with van der Waals surface area (Å²) in [5.41, 5.74) is 1.56. The van der Waals surface area contributed by atoms with Gasteiger partial charge in [0.15, 0.2) is 0 Å². The number of aryl methyl sites for hydroxylation is 2. The lowest BCUT2D eigenvalue weighted by atomic mass is 10.2. The molecular weight excluding hydrogens is 376 g/mol. The number of rotatable bonds is 10. The minimum absolute atomic E-state index is 0.00472. The van der Waals surface area contributed by atoms with Gasteiger partial charge in [-0.05, 0) is 38.5 Å². The largest absolute Gasteiger partial charge is 0.354 e. The van der Waals surface area contributed by atoms with Gasteiger partial charge in [0.25, 0.3) is 0 Å². The van der Waals surface area contributed by atoms with Crippen LogP contribution in [0.25, 0.3) is 11.0 Å². The molecule has 0 atom stereocenters. The Balaban J connectivity index is 2.39. The molecule has 1 aromatic heterocycles. The number of aromatic nitrogens is 2. The first kappa shape index (κ1) is 22.4. The van der Waals surface area contributed by atoms with E-state index in [-0.39, 0.29) is 16.8 Å². The number of imidazole rings is 1. The molecule has 2 aromatic rings. The Labute approximate surface area is 168 Å². The first-order valence-corrected chi connectivity index (χ1v) is 11.5. The van der Waals surface area contributed by atoms with Gasteiger partial charge in [-0.15, -0.1) is 0 Å². The maximum atomic E-state index is 12.8. The van der Waals surface area contributed by atoms with E-state index < -0.39 is 10.0 Å². The Kier molecular flexibility index (Phi) is 7.60. The zero-order valence-electron chi connectivity index (χ0n) is 17.5. The number of nitrogens with one attached hydrogen (secondary N) is 1. The first-order chi connectivity index (χ1) is 13.2. The lowest BCUT2D eigenvalue weighted by molar-refractivity contribution is -0.121. The number of benzene rings is 1. The van der Waals surface area contributed by atoms with Crippen LogP contribution < -0.4 is 5.32 Å². The van der Waals surface area contributed by atoms with Crippen LogP contribution in [0.3, 0.4) is 0 Å². The summed E-state index contributed by atoms with van der Waals surface area (Å²) in [4.78, 5) is 16.9. The van der Waals surface area contributed by atoms with Crippen LogP contribution >= 0.6 is 0 Å². The molecule has 0 fully saturated rings. The van der Waals surface area contributed by atoms with Gasteiger partial charge in [-0.25, -0.2) is 13.4 Å². The van der Waals surface area contributed by atoms with Crippen LogP contribution in [-0.4, -0.2) is 47.3 Å². The molecule has 0 aliphatic carbocycles. The van der Waals surface area contributed by atoms with Crippen LogP contribution in [0, 0.1) is 0 Å². The van der Waals surface area contributed by atoms with Crippen molar-refractivity contribution < 1.29 is 13.2 Å². The van der Waals surface area contributed by atoms with Gasteiger partial charge in [0.05, 0.1) is 15.9 Å². The number of amides is 1. The second kappa shape index (κ2) is 9.52. The van der Waals surface area contributed by atoms with E-state index in [2.05, 4.69) is 21.8 Å². The van der Waals surface area contributed by atoms with Crippen LogP contribution in [0.2, 0.25) is 0 Å². The minimum Gasteiger partial charge on any atom is -0.354 e. The molecule has 0 saturated carbocycles. The molecule has 0 spiro atoms. The Hall–Kier alpha value is -1.93. The maximum Gasteiger partial charge on any atom is 0.243 e. The zero-order valence-corrected chi connectivity index (χ0v) is 18.3. The molecule has 1 heterocycles. The highest BCUT2D eigenvalue weighted by atomic mass is 32.2. The molecule has 156 valence electrons. The summed E-state index contributed by atoms with van der Waals surface area (Å²) in [6.45, 7) is 11.2. The monoisotopic (exact) mass is 408 g/mol. The van der Waals surface area contributed by atoms with Crippen LogP contribution in [0.4, 0.5) is 0 Å². The number of carbonyl (C=O) groups is 1. The van der Waals surface area contributed by atoms with E-state index in [1.54, 1.807) is 12.1 Å². The third-order valence-corrected chi connectivity index (χ3v) is 6.66. The molecule has 1 N–H and O–H groups in total. The third kappa shape index (κ3) is 4.91. The Bertz CT molecular complexity index is 915. The summed E-state index contributed by atoms with van der Waals surface area (Å²) in [5, 5.41) is 2.89. The lowest BCUT2D eigenvalue weighted by Gasteiger charge is -2.18. The fourth-order valence-corrected chi connectivity index (χ4v) is 4.79. The van der Waals surface area contributed by atoms with Crippen LogP contribution in [-0.2, 0) is 27.8 Å². The molecular formula is C20H32N4O3S. The summed E-state index contributed by atoms with van der Waals surface area (Å²) in [6.07, 6.45) is 1.80. The summed E-state index contributed by atoms with van der Waals surface area (Å²) in [6, 6.07) is 5.23. The number of sulfonamides is 1. The molecule has 1 amide bonds. The van der Waals surface area contributed by atoms with Gasteiger partial charge in [0.1, 0.15) is 5.82 Å². The number of hydrogen-bond donors (Lipinski definition) is 1. The standard InChI is InChI=1S/C20H32N4O3S/c1-6-13-24-18-10-9-16(28(26,27)23(7-2)8-3)14-17(18)22-19(24)11-12-20(25)21-15(4)5/h9-10,14-15H,6-8,11-13H2,1-5H3,(H,21,25). The van der Waals surface area contributed by atoms with Gasteiger partial charge in [-0.1, -0.05) is 20.8 Å². The lowest BCUT2D eigenvalue weighted by Crippen LogP contribution is -2.30. The van der Waals surface area contributed by atoms with Crippen LogP contribution in [0.5, 0.6) is 0 Å². The van der Waals surface area contributed by atoms with E-state index >= 15 is 0 Å². The van der Waals surface area contributed by atoms with Crippen molar-refractivity contribution in [1.82, 2.24) is 19.2 Å². The van der Waals surface area contributed by atoms with Crippen molar-refractivity contribution in [3.63, 3.8) is 0 Å². The fraction of sp³-hybridized carbons (Fsp3) is 0.600. The molecule has 0 aliphatic rings. The van der Waals surface area contributed by atoms with E-state index in [4.69, 9.17) is 0 Å². The molecule has 7 nitrogen and oxygen atoms in total. The van der Waals surface area contributed by atoms with Crippen molar-refractivity contribution in [3.05, 3.63) is 24.0 Å². The van der Waals surface area contributed by atoms with E-state index in [0.717, 1.165) is 24.3 Å². The van der Waals surface area contributed by atoms with Crippen molar-refractivity contribution in [1.29, 1.82) is 0 Å². The summed E-state index contributed by atoms with van der Waals surface area (Å²) < 4.78 is 29.2. The molecule has 0 aliphatic heterocycles. The van der Waals surface area contributed by atoms with Gasteiger partial charge >= 0.3 is 0 Å². The van der Waals surface area contributed by atoms with Gasteiger partial charge in [-0.2, -0.15) is 4.31 Å². The quantitative estimate of drug-likeness (QED) is 0.655. The van der Waals surface area contributed by atoms with Gasteiger partial charge in [0, 0.05) is 38.5 Å². The molecule has 0 bridgehead atoms. The Morgan fingerprint density at radius 1 is 1.21 bits per heavy atom. The molecule has 2 rings (SSSR count). The van der Waals surface area contributed by atoms with E-state index in [0.29, 0.717) is 31.4 Å². The molecule has 0 unspecified atom stereocenters. The topological polar surface area (TPSA) is 84.3 Å². The van der Waals surface area contributed by atoms with Crippen molar-refractivity contribution in [2.45, 2.75) is 71.4 Å². The predicted molar refractivity (Wildman–Crippen MR) is 112 cm³/mol. The van der Waals surface area contributed by atoms with Crippen molar-refractivity contribution in [2.24, 2.45) is 0 Å². The van der Waals surface area contributed by atoms with Crippen LogP contribution in [0.15, 0.2) is 23.1 Å². The molecule has 0 radical (unpaired) electrons. The maximum absolute atomic E-state index is 12.8.